The lowest BCUT2D eigenvalue weighted by molar-refractivity contribution is 0.0696. The van der Waals surface area contributed by atoms with Crippen molar-refractivity contribution in [2.24, 2.45) is 0 Å². The van der Waals surface area contributed by atoms with Crippen molar-refractivity contribution in [3.63, 3.8) is 0 Å². The molecule has 4 nitrogen and oxygen atoms in total. The van der Waals surface area contributed by atoms with Crippen molar-refractivity contribution in [3.8, 4) is 0 Å². The zero-order valence-corrected chi connectivity index (χ0v) is 11.0. The van der Waals surface area contributed by atoms with Gasteiger partial charge in [0, 0.05) is 12.6 Å². The van der Waals surface area contributed by atoms with Gasteiger partial charge in [-0.1, -0.05) is 6.92 Å². The standard InChI is InChI=1S/C14H19FN2O2/c1-2-17-7-3-4-11(17)9-16-13-6-5-10(14(18)19)8-12(13)15/h5-6,8,11,16H,2-4,7,9H2,1H3,(H,18,19). The Morgan fingerprint density at radius 2 is 2.37 bits per heavy atom. The molecule has 2 rings (SSSR count). The molecule has 0 saturated carbocycles. The number of nitrogens with zero attached hydrogens (tertiary/aromatic N) is 1. The van der Waals surface area contributed by atoms with Crippen LogP contribution < -0.4 is 5.32 Å². The Morgan fingerprint density at radius 1 is 1.58 bits per heavy atom. The van der Waals surface area contributed by atoms with E-state index < -0.39 is 11.8 Å². The number of aromatic carboxylic acids is 1. The van der Waals surface area contributed by atoms with E-state index in [2.05, 4.69) is 17.1 Å². The number of hydrogen-bond donors (Lipinski definition) is 2. The first-order chi connectivity index (χ1) is 9.11. The Kier molecular flexibility index (Phi) is 4.37. The summed E-state index contributed by atoms with van der Waals surface area (Å²) in [6.07, 6.45) is 2.30. The van der Waals surface area contributed by atoms with Gasteiger partial charge in [-0.3, -0.25) is 4.90 Å². The molecule has 1 heterocycles. The summed E-state index contributed by atoms with van der Waals surface area (Å²) in [7, 11) is 0. The molecule has 1 aliphatic rings. The molecule has 0 radical (unpaired) electrons. The summed E-state index contributed by atoms with van der Waals surface area (Å²) < 4.78 is 13.7. The topological polar surface area (TPSA) is 52.6 Å². The molecule has 1 fully saturated rings. The highest BCUT2D eigenvalue weighted by atomic mass is 19.1. The first kappa shape index (κ1) is 13.8. The third-order valence-corrected chi connectivity index (χ3v) is 3.65. The summed E-state index contributed by atoms with van der Waals surface area (Å²) in [6.45, 7) is 4.92. The minimum Gasteiger partial charge on any atom is -0.478 e. The van der Waals surface area contributed by atoms with Gasteiger partial charge in [-0.05, 0) is 44.1 Å². The number of anilines is 1. The van der Waals surface area contributed by atoms with E-state index in [1.807, 2.05) is 0 Å². The molecule has 1 saturated heterocycles. The number of carboxylic acids is 1. The number of nitrogens with one attached hydrogen (secondary N) is 1. The fourth-order valence-electron chi connectivity index (χ4n) is 2.56. The van der Waals surface area contributed by atoms with Crippen LogP contribution in [0.15, 0.2) is 18.2 Å². The summed E-state index contributed by atoms with van der Waals surface area (Å²) in [4.78, 5) is 13.1. The van der Waals surface area contributed by atoms with Crippen molar-refractivity contribution in [1.82, 2.24) is 4.90 Å². The van der Waals surface area contributed by atoms with Gasteiger partial charge >= 0.3 is 5.97 Å². The maximum Gasteiger partial charge on any atom is 0.335 e. The van der Waals surface area contributed by atoms with Gasteiger partial charge in [-0.25, -0.2) is 9.18 Å². The Balaban J connectivity index is 1.98. The molecule has 0 aromatic heterocycles. The van der Waals surface area contributed by atoms with E-state index in [0.29, 0.717) is 18.3 Å². The Hall–Kier alpha value is -1.62. The molecule has 19 heavy (non-hydrogen) atoms. The van der Waals surface area contributed by atoms with Crippen molar-refractivity contribution in [2.75, 3.05) is 25.0 Å². The van der Waals surface area contributed by atoms with Gasteiger partial charge in [0.15, 0.2) is 0 Å². The largest absolute Gasteiger partial charge is 0.478 e. The highest BCUT2D eigenvalue weighted by Crippen LogP contribution is 2.20. The average Bonchev–Trinajstić information content (AvgIpc) is 2.84. The third kappa shape index (κ3) is 3.23. The zero-order chi connectivity index (χ0) is 13.8. The number of hydrogen-bond acceptors (Lipinski definition) is 3. The first-order valence-corrected chi connectivity index (χ1v) is 6.62. The fraction of sp³-hybridized carbons (Fsp3) is 0.500. The highest BCUT2D eigenvalue weighted by molar-refractivity contribution is 5.88. The average molecular weight is 266 g/mol. The molecular weight excluding hydrogens is 247 g/mol. The smallest absolute Gasteiger partial charge is 0.335 e. The zero-order valence-electron chi connectivity index (χ0n) is 11.0. The number of rotatable bonds is 5. The Labute approximate surface area is 112 Å². The van der Waals surface area contributed by atoms with Crippen LogP contribution in [0.1, 0.15) is 30.1 Å². The third-order valence-electron chi connectivity index (χ3n) is 3.65. The van der Waals surface area contributed by atoms with Gasteiger partial charge < -0.3 is 10.4 Å². The van der Waals surface area contributed by atoms with E-state index in [4.69, 9.17) is 5.11 Å². The predicted octanol–water partition coefficient (Wildman–Crippen LogP) is 2.42. The van der Waals surface area contributed by atoms with Crippen molar-refractivity contribution in [1.29, 1.82) is 0 Å². The van der Waals surface area contributed by atoms with Crippen LogP contribution in [-0.4, -0.2) is 41.7 Å². The van der Waals surface area contributed by atoms with Gasteiger partial charge in [0.05, 0.1) is 11.3 Å². The number of likely N-dealkylation sites (tertiary alicyclic amines) is 1. The summed E-state index contributed by atoms with van der Waals surface area (Å²) >= 11 is 0. The summed E-state index contributed by atoms with van der Waals surface area (Å²) in [5, 5.41) is 11.9. The summed E-state index contributed by atoms with van der Waals surface area (Å²) in [5.41, 5.74) is 0.340. The monoisotopic (exact) mass is 266 g/mol. The number of halogens is 1. The van der Waals surface area contributed by atoms with Crippen molar-refractivity contribution >= 4 is 11.7 Å². The lowest BCUT2D eigenvalue weighted by atomic mass is 10.1. The van der Waals surface area contributed by atoms with Crippen LogP contribution in [0.4, 0.5) is 10.1 Å². The molecule has 104 valence electrons. The van der Waals surface area contributed by atoms with Gasteiger partial charge in [0.1, 0.15) is 5.82 Å². The van der Waals surface area contributed by atoms with Crippen LogP contribution in [0.3, 0.4) is 0 Å². The molecule has 0 amide bonds. The second-order valence-electron chi connectivity index (χ2n) is 4.81. The van der Waals surface area contributed by atoms with Crippen LogP contribution in [-0.2, 0) is 0 Å². The number of benzene rings is 1. The molecule has 1 unspecified atom stereocenters. The van der Waals surface area contributed by atoms with Gasteiger partial charge in [-0.2, -0.15) is 0 Å². The van der Waals surface area contributed by atoms with Crippen LogP contribution in [0.5, 0.6) is 0 Å². The lowest BCUT2D eigenvalue weighted by Crippen LogP contribution is -2.34. The van der Waals surface area contributed by atoms with Crippen LogP contribution in [0.2, 0.25) is 0 Å². The van der Waals surface area contributed by atoms with Crippen molar-refractivity contribution in [2.45, 2.75) is 25.8 Å². The number of likely N-dealkylation sites (N-methyl/N-ethyl adjacent to an activating group) is 1. The molecule has 0 bridgehead atoms. The van der Waals surface area contributed by atoms with Gasteiger partial charge in [0.25, 0.3) is 0 Å². The van der Waals surface area contributed by atoms with Crippen LogP contribution in [0.25, 0.3) is 0 Å². The first-order valence-electron chi connectivity index (χ1n) is 6.62. The minimum absolute atomic E-state index is 0.0286. The summed E-state index contributed by atoms with van der Waals surface area (Å²) in [6, 6.07) is 4.39. The molecule has 2 N–H and O–H groups in total. The van der Waals surface area contributed by atoms with E-state index in [1.165, 1.54) is 18.6 Å². The SMILES string of the molecule is CCN1CCCC1CNc1ccc(C(=O)O)cc1F. The maximum absolute atomic E-state index is 13.7. The Morgan fingerprint density at radius 3 is 3.00 bits per heavy atom. The second-order valence-corrected chi connectivity index (χ2v) is 4.81. The quantitative estimate of drug-likeness (QED) is 0.859. The molecule has 1 aliphatic heterocycles. The molecule has 1 aromatic carbocycles. The highest BCUT2D eigenvalue weighted by Gasteiger charge is 2.22. The number of carboxylic acid groups (broad SMARTS) is 1. The van der Waals surface area contributed by atoms with E-state index in [0.717, 1.165) is 25.6 Å². The fourth-order valence-corrected chi connectivity index (χ4v) is 2.56. The van der Waals surface area contributed by atoms with Crippen molar-refractivity contribution in [3.05, 3.63) is 29.6 Å². The van der Waals surface area contributed by atoms with Crippen molar-refractivity contribution < 1.29 is 14.3 Å². The van der Waals surface area contributed by atoms with E-state index in [-0.39, 0.29) is 5.56 Å². The van der Waals surface area contributed by atoms with Crippen LogP contribution in [0, 0.1) is 5.82 Å². The molecular formula is C14H19FN2O2. The number of carbonyl (C=O) groups is 1. The Bertz CT molecular complexity index is 465. The second kappa shape index (κ2) is 6.02. The normalized spacial score (nSPS) is 19.6. The maximum atomic E-state index is 13.7. The summed E-state index contributed by atoms with van der Waals surface area (Å²) in [5.74, 6) is -1.63. The van der Waals surface area contributed by atoms with E-state index in [1.54, 1.807) is 0 Å². The minimum atomic E-state index is -1.11. The van der Waals surface area contributed by atoms with Gasteiger partial charge in [-0.15, -0.1) is 0 Å². The molecule has 1 atom stereocenters. The molecule has 0 spiro atoms. The van der Waals surface area contributed by atoms with Gasteiger partial charge in [0.2, 0.25) is 0 Å². The molecule has 1 aromatic rings. The molecule has 0 aliphatic carbocycles. The van der Waals surface area contributed by atoms with E-state index in [9.17, 15) is 9.18 Å². The van der Waals surface area contributed by atoms with E-state index >= 15 is 0 Å². The van der Waals surface area contributed by atoms with Crippen LogP contribution >= 0.6 is 0 Å². The lowest BCUT2D eigenvalue weighted by Gasteiger charge is -2.23. The molecule has 5 heteroatoms. The predicted molar refractivity (Wildman–Crippen MR) is 72.1 cm³/mol.